The molecule has 1 aliphatic rings. The number of amides is 1. The molecule has 0 saturated carbocycles. The minimum atomic E-state index is -4.36. The Balaban J connectivity index is 1.43. The average Bonchev–Trinajstić information content (AvgIpc) is 2.98. The second-order valence-electron chi connectivity index (χ2n) is 10.4. The van der Waals surface area contributed by atoms with Gasteiger partial charge in [0.2, 0.25) is 5.91 Å². The Morgan fingerprint density at radius 2 is 1.71 bits per heavy atom. The second kappa shape index (κ2) is 12.6. The van der Waals surface area contributed by atoms with Crippen molar-refractivity contribution in [3.63, 3.8) is 0 Å². The highest BCUT2D eigenvalue weighted by atomic mass is 35.5. The van der Waals surface area contributed by atoms with E-state index in [0.29, 0.717) is 17.0 Å². The zero-order valence-corrected chi connectivity index (χ0v) is 24.6. The molecule has 1 unspecified atom stereocenters. The van der Waals surface area contributed by atoms with Crippen LogP contribution in [0.5, 0.6) is 0 Å². The first-order valence-corrected chi connectivity index (χ1v) is 15.7. The van der Waals surface area contributed by atoms with Gasteiger partial charge in [0, 0.05) is 17.5 Å². The van der Waals surface area contributed by atoms with Crippen molar-refractivity contribution in [1.29, 1.82) is 0 Å². The van der Waals surface area contributed by atoms with Crippen molar-refractivity contribution in [3.05, 3.63) is 130 Å². The van der Waals surface area contributed by atoms with E-state index in [9.17, 15) is 17.6 Å². The summed E-state index contributed by atoms with van der Waals surface area (Å²) in [4.78, 5) is 12.9. The van der Waals surface area contributed by atoms with Crippen LogP contribution in [0, 0.1) is 11.6 Å². The van der Waals surface area contributed by atoms with Gasteiger partial charge in [-0.3, -0.25) is 9.10 Å². The number of sulfonamides is 1. The highest BCUT2D eigenvalue weighted by Crippen LogP contribution is 2.37. The summed E-state index contributed by atoms with van der Waals surface area (Å²) in [5, 5.41) is 3.50. The number of fused-ring (bicyclic) bond motifs is 1. The molecule has 0 saturated heterocycles. The van der Waals surface area contributed by atoms with Gasteiger partial charge in [0.25, 0.3) is 10.0 Å². The van der Waals surface area contributed by atoms with Gasteiger partial charge in [-0.2, -0.15) is 0 Å². The average molecular weight is 609 g/mol. The summed E-state index contributed by atoms with van der Waals surface area (Å²) in [6.45, 7) is 1.62. The summed E-state index contributed by atoms with van der Waals surface area (Å²) in [5.41, 5.74) is 3.29. The summed E-state index contributed by atoms with van der Waals surface area (Å²) in [5.74, 6) is -1.77. The minimum absolute atomic E-state index is 0.0485. The molecule has 0 aliphatic heterocycles. The fourth-order valence-electron chi connectivity index (χ4n) is 5.64. The topological polar surface area (TPSA) is 66.5 Å². The molecule has 2 atom stereocenters. The number of carbonyl (C=O) groups excluding carboxylic acids is 1. The predicted molar refractivity (Wildman–Crippen MR) is 161 cm³/mol. The van der Waals surface area contributed by atoms with Crippen molar-refractivity contribution < 1.29 is 22.0 Å². The van der Waals surface area contributed by atoms with Crippen LogP contribution in [-0.4, -0.2) is 14.3 Å². The molecule has 0 bridgehead atoms. The van der Waals surface area contributed by atoms with Crippen LogP contribution < -0.4 is 9.62 Å². The summed E-state index contributed by atoms with van der Waals surface area (Å²) < 4.78 is 58.3. The van der Waals surface area contributed by atoms with Crippen LogP contribution in [0.2, 0.25) is 5.02 Å². The number of anilines is 1. The molecule has 5 rings (SSSR count). The molecule has 0 spiro atoms. The number of rotatable bonds is 9. The number of aryl methyl sites for hydroxylation is 2. The first-order valence-electron chi connectivity index (χ1n) is 13.8. The molecule has 218 valence electrons. The second-order valence-corrected chi connectivity index (χ2v) is 12.7. The van der Waals surface area contributed by atoms with E-state index >= 15 is 4.39 Å². The van der Waals surface area contributed by atoms with E-state index in [1.54, 1.807) is 19.1 Å². The fourth-order valence-corrected chi connectivity index (χ4v) is 7.40. The molecule has 0 fully saturated rings. The Morgan fingerprint density at radius 3 is 2.50 bits per heavy atom. The van der Waals surface area contributed by atoms with Crippen molar-refractivity contribution in [2.45, 2.75) is 56.0 Å². The van der Waals surface area contributed by atoms with E-state index in [-0.39, 0.29) is 23.3 Å². The molecule has 1 N–H and O–H groups in total. The SMILES string of the molecule is C[C@H](c1ccccc1CCC(=O)NC1CCCc2ccccc21)N(c1cc(F)ccc1F)S(=O)(=O)c1ccc(Cl)cc1. The zero-order chi connectivity index (χ0) is 29.9. The minimum Gasteiger partial charge on any atom is -0.349 e. The predicted octanol–water partition coefficient (Wildman–Crippen LogP) is 7.70. The van der Waals surface area contributed by atoms with Crippen LogP contribution in [0.1, 0.15) is 60.5 Å². The van der Waals surface area contributed by atoms with E-state index in [1.807, 2.05) is 24.3 Å². The number of hydrogen-bond donors (Lipinski definition) is 1. The molecule has 0 heterocycles. The van der Waals surface area contributed by atoms with Crippen LogP contribution in [0.25, 0.3) is 0 Å². The van der Waals surface area contributed by atoms with Crippen LogP contribution >= 0.6 is 11.6 Å². The largest absolute Gasteiger partial charge is 0.349 e. The van der Waals surface area contributed by atoms with Gasteiger partial charge < -0.3 is 5.32 Å². The zero-order valence-electron chi connectivity index (χ0n) is 23.1. The van der Waals surface area contributed by atoms with Crippen molar-refractivity contribution in [2.75, 3.05) is 4.31 Å². The molecule has 4 aromatic carbocycles. The van der Waals surface area contributed by atoms with E-state index < -0.39 is 33.4 Å². The standard InChI is InChI=1S/C33H31ClF2N2O3S/c1-22(38(32-21-26(35)16-19-30(32)36)42(40,41)27-17-14-25(34)15-18-27)28-10-4-2-8-24(28)13-20-33(39)37-31-12-6-9-23-7-3-5-11-29(23)31/h2-5,7-8,10-11,14-19,21-22,31H,6,9,12-13,20H2,1H3,(H,37,39)/t22-,31?/m1/s1. The summed E-state index contributed by atoms with van der Waals surface area (Å²) in [7, 11) is -4.36. The Bertz CT molecular complexity index is 1700. The molecule has 42 heavy (non-hydrogen) atoms. The molecular formula is C33H31ClF2N2O3S. The van der Waals surface area contributed by atoms with E-state index in [0.717, 1.165) is 52.9 Å². The van der Waals surface area contributed by atoms with E-state index in [2.05, 4.69) is 17.4 Å². The Hall–Kier alpha value is -3.75. The Labute approximate surface area is 250 Å². The van der Waals surface area contributed by atoms with Crippen molar-refractivity contribution >= 4 is 33.2 Å². The lowest BCUT2D eigenvalue weighted by Crippen LogP contribution is -2.35. The van der Waals surface area contributed by atoms with Gasteiger partial charge in [0.05, 0.1) is 22.7 Å². The molecular weight excluding hydrogens is 578 g/mol. The maximum absolute atomic E-state index is 15.1. The molecule has 0 aromatic heterocycles. The maximum Gasteiger partial charge on any atom is 0.264 e. The van der Waals surface area contributed by atoms with Gasteiger partial charge in [-0.05, 0) is 91.3 Å². The van der Waals surface area contributed by atoms with Gasteiger partial charge in [0.15, 0.2) is 0 Å². The number of benzene rings is 4. The summed E-state index contributed by atoms with van der Waals surface area (Å²) in [6, 6.07) is 22.5. The van der Waals surface area contributed by atoms with Crippen LogP contribution in [0.15, 0.2) is 95.9 Å². The number of halogens is 3. The van der Waals surface area contributed by atoms with Gasteiger partial charge in [-0.15, -0.1) is 0 Å². The lowest BCUT2D eigenvalue weighted by Gasteiger charge is -2.32. The number of carbonyl (C=O) groups is 1. The van der Waals surface area contributed by atoms with Crippen molar-refractivity contribution in [2.24, 2.45) is 0 Å². The lowest BCUT2D eigenvalue weighted by molar-refractivity contribution is -0.121. The molecule has 1 aliphatic carbocycles. The number of hydrogen-bond acceptors (Lipinski definition) is 3. The highest BCUT2D eigenvalue weighted by molar-refractivity contribution is 7.92. The van der Waals surface area contributed by atoms with Crippen LogP contribution in [0.4, 0.5) is 14.5 Å². The molecule has 4 aromatic rings. The molecule has 0 radical (unpaired) electrons. The molecule has 1 amide bonds. The van der Waals surface area contributed by atoms with Gasteiger partial charge in [-0.25, -0.2) is 17.2 Å². The highest BCUT2D eigenvalue weighted by Gasteiger charge is 2.33. The van der Waals surface area contributed by atoms with Gasteiger partial charge in [0.1, 0.15) is 11.6 Å². The monoisotopic (exact) mass is 608 g/mol. The van der Waals surface area contributed by atoms with Crippen LogP contribution in [-0.2, 0) is 27.7 Å². The Kier molecular flexibility index (Phi) is 8.94. The van der Waals surface area contributed by atoms with Crippen LogP contribution in [0.3, 0.4) is 0 Å². The fraction of sp³-hybridized carbons (Fsp3) is 0.242. The smallest absolute Gasteiger partial charge is 0.264 e. The van der Waals surface area contributed by atoms with Gasteiger partial charge >= 0.3 is 0 Å². The number of nitrogens with one attached hydrogen (secondary N) is 1. The normalized spacial score (nSPS) is 15.5. The quantitative estimate of drug-likeness (QED) is 0.212. The third kappa shape index (κ3) is 6.35. The maximum atomic E-state index is 15.1. The third-order valence-corrected chi connectivity index (χ3v) is 9.85. The van der Waals surface area contributed by atoms with Crippen molar-refractivity contribution in [3.8, 4) is 0 Å². The first-order chi connectivity index (χ1) is 20.1. The lowest BCUT2D eigenvalue weighted by atomic mass is 9.87. The third-order valence-electron chi connectivity index (χ3n) is 7.70. The summed E-state index contributed by atoms with van der Waals surface area (Å²) in [6.07, 6.45) is 3.38. The Morgan fingerprint density at radius 1 is 1.00 bits per heavy atom. The van der Waals surface area contributed by atoms with E-state index in [4.69, 9.17) is 11.6 Å². The first kappa shape index (κ1) is 29.7. The van der Waals surface area contributed by atoms with Gasteiger partial charge in [-0.1, -0.05) is 60.1 Å². The molecule has 5 nitrogen and oxygen atoms in total. The molecule has 9 heteroatoms. The summed E-state index contributed by atoms with van der Waals surface area (Å²) >= 11 is 5.98. The van der Waals surface area contributed by atoms with E-state index in [1.165, 1.54) is 29.8 Å². The number of nitrogens with zero attached hydrogens (tertiary/aromatic N) is 1. The van der Waals surface area contributed by atoms with Crippen molar-refractivity contribution in [1.82, 2.24) is 5.32 Å².